The van der Waals surface area contributed by atoms with Gasteiger partial charge in [0.25, 0.3) is 0 Å². The molecule has 2 saturated heterocycles. The van der Waals surface area contributed by atoms with E-state index in [0.29, 0.717) is 87.8 Å². The van der Waals surface area contributed by atoms with Gasteiger partial charge in [0.1, 0.15) is 30.5 Å². The number of carboxylic acid groups (broad SMARTS) is 1. The Morgan fingerprint density at radius 1 is 0.474 bits per heavy atom. The van der Waals surface area contributed by atoms with Crippen LogP contribution in [-0.4, -0.2) is 148 Å². The van der Waals surface area contributed by atoms with Crippen LogP contribution in [-0.2, 0) is 80.4 Å². The molecule has 2 fully saturated rings. The summed E-state index contributed by atoms with van der Waals surface area (Å²) >= 11 is 0. The van der Waals surface area contributed by atoms with Gasteiger partial charge in [-0.3, -0.25) is 33.6 Å². The van der Waals surface area contributed by atoms with Gasteiger partial charge in [0.15, 0.2) is 11.6 Å². The zero-order valence-corrected chi connectivity index (χ0v) is 54.0. The number of likely N-dealkylation sites (tertiary alicyclic amines) is 2. The van der Waals surface area contributed by atoms with E-state index in [1.807, 2.05) is 78.9 Å². The number of alkyl halides is 2. The Kier molecular flexibility index (Phi) is 24.4. The second kappa shape index (κ2) is 33.6. The molecule has 6 aliphatic rings. The van der Waals surface area contributed by atoms with Crippen LogP contribution in [0.1, 0.15) is 142 Å². The van der Waals surface area contributed by atoms with Crippen molar-refractivity contribution in [3.63, 3.8) is 0 Å². The van der Waals surface area contributed by atoms with Crippen molar-refractivity contribution in [2.24, 2.45) is 5.73 Å². The molecule has 0 radical (unpaired) electrons. The molecule has 6 aromatic rings. The number of ketones is 2. The molecule has 4 aliphatic heterocycles. The van der Waals surface area contributed by atoms with E-state index in [2.05, 4.69) is 43.9 Å². The number of nitrogens with one attached hydrogen (secondary N) is 3. The average molecular weight is 1300 g/mol. The summed E-state index contributed by atoms with van der Waals surface area (Å²) in [5.74, 6) is -2.70. The minimum absolute atomic E-state index is 0.0136. The molecule has 19 heteroatoms. The molecule has 0 aromatic heterocycles. The number of amides is 5. The number of piperidine rings is 2. The van der Waals surface area contributed by atoms with Gasteiger partial charge in [-0.2, -0.15) is 0 Å². The predicted molar refractivity (Wildman–Crippen MR) is 361 cm³/mol. The highest BCUT2D eigenvalue weighted by Crippen LogP contribution is 2.30. The van der Waals surface area contributed by atoms with E-state index in [9.17, 15) is 52.2 Å². The summed E-state index contributed by atoms with van der Waals surface area (Å²) < 4.78 is 26.9. The fourth-order valence-electron chi connectivity index (χ4n) is 13.6. The average Bonchev–Trinajstić information content (AvgIpc) is 1.62. The van der Waals surface area contributed by atoms with E-state index in [0.717, 1.165) is 79.7 Å². The number of halogens is 2. The number of carbonyl (C=O) groups excluding carboxylic acids is 7. The van der Waals surface area contributed by atoms with Gasteiger partial charge in [-0.1, -0.05) is 121 Å². The highest BCUT2D eigenvalue weighted by Gasteiger charge is 2.38. The summed E-state index contributed by atoms with van der Waals surface area (Å²) in [6.45, 7) is 4.55. The third-order valence-corrected chi connectivity index (χ3v) is 19.3. The van der Waals surface area contributed by atoms with Crippen LogP contribution in [0.3, 0.4) is 0 Å². The smallest absolute Gasteiger partial charge is 0.326 e. The van der Waals surface area contributed by atoms with Crippen molar-refractivity contribution in [2.45, 2.75) is 165 Å². The van der Waals surface area contributed by atoms with Crippen LogP contribution < -0.4 is 21.7 Å². The van der Waals surface area contributed by atoms with Crippen LogP contribution in [0.15, 0.2) is 146 Å². The molecule has 4 heterocycles. The van der Waals surface area contributed by atoms with Crippen molar-refractivity contribution in [1.29, 1.82) is 0 Å². The van der Waals surface area contributed by atoms with Crippen molar-refractivity contribution in [3.8, 4) is 0 Å². The van der Waals surface area contributed by atoms with E-state index >= 15 is 0 Å². The lowest BCUT2D eigenvalue weighted by atomic mass is 9.92. The van der Waals surface area contributed by atoms with Crippen molar-refractivity contribution >= 4 is 58.4 Å². The van der Waals surface area contributed by atoms with Crippen molar-refractivity contribution in [2.75, 3.05) is 49.9 Å². The first kappa shape index (κ1) is 69.1. The Bertz CT molecular complexity index is 3670. The molecule has 4 atom stereocenters. The van der Waals surface area contributed by atoms with Crippen molar-refractivity contribution in [1.82, 2.24) is 24.9 Å². The first-order chi connectivity index (χ1) is 46.0. The third-order valence-electron chi connectivity index (χ3n) is 19.3. The van der Waals surface area contributed by atoms with Gasteiger partial charge in [-0.15, -0.1) is 0 Å². The second-order valence-electron chi connectivity index (χ2n) is 25.9. The molecule has 6 aromatic carbocycles. The number of nitrogens with two attached hydrogens (primary N) is 1. The zero-order chi connectivity index (χ0) is 66.8. The molecule has 500 valence electrons. The maximum atomic E-state index is 14.1. The van der Waals surface area contributed by atoms with Crippen LogP contribution in [0.2, 0.25) is 0 Å². The van der Waals surface area contributed by atoms with E-state index in [1.54, 1.807) is 53.4 Å². The number of aryl methyl sites for hydroxylation is 4. The van der Waals surface area contributed by atoms with E-state index < -0.39 is 48.4 Å². The normalized spacial score (nSPS) is 18.3. The molecular formula is C76H88F2N8O9. The van der Waals surface area contributed by atoms with Gasteiger partial charge in [0.05, 0.1) is 6.04 Å². The maximum Gasteiger partial charge on any atom is 0.326 e. The van der Waals surface area contributed by atoms with Gasteiger partial charge < -0.3 is 46.4 Å². The molecule has 12 rings (SSSR count). The number of aliphatic carboxylic acids is 1. The summed E-state index contributed by atoms with van der Waals surface area (Å²) in [6.07, 6.45) is 8.86. The largest absolute Gasteiger partial charge is 0.480 e. The number of Topliss-reactive ketones (excluding diaryl/α,β-unsaturated/α-hetero) is 2. The van der Waals surface area contributed by atoms with Crippen LogP contribution in [0.4, 0.5) is 20.2 Å². The van der Waals surface area contributed by atoms with E-state index in [-0.39, 0.29) is 74.0 Å². The van der Waals surface area contributed by atoms with E-state index in [1.165, 1.54) is 33.6 Å². The van der Waals surface area contributed by atoms with Gasteiger partial charge in [0, 0.05) is 113 Å². The molecule has 6 N–H and O–H groups in total. The molecule has 95 heavy (non-hydrogen) atoms. The molecule has 0 saturated carbocycles. The van der Waals surface area contributed by atoms with Crippen LogP contribution in [0.5, 0.6) is 0 Å². The lowest BCUT2D eigenvalue weighted by Gasteiger charge is -2.37. The number of carboxylic acids is 1. The lowest BCUT2D eigenvalue weighted by molar-refractivity contribution is -0.151. The molecule has 0 spiro atoms. The summed E-state index contributed by atoms with van der Waals surface area (Å²) in [6, 6.07) is 42.0. The van der Waals surface area contributed by atoms with Gasteiger partial charge in [0.2, 0.25) is 29.5 Å². The quantitative estimate of drug-likeness (QED) is 0.0424. The number of carbonyl (C=O) groups is 8. The fourth-order valence-corrected chi connectivity index (χ4v) is 13.6. The summed E-state index contributed by atoms with van der Waals surface area (Å²) in [5, 5.41) is 18.4. The number of anilines is 2. The highest BCUT2D eigenvalue weighted by molar-refractivity contribution is 6.01. The number of rotatable bonds is 21. The third kappa shape index (κ3) is 19.2. The van der Waals surface area contributed by atoms with Crippen molar-refractivity contribution in [3.05, 3.63) is 201 Å². The van der Waals surface area contributed by atoms with E-state index in [4.69, 9.17) is 5.73 Å². The van der Waals surface area contributed by atoms with Crippen LogP contribution in [0, 0.1) is 0 Å². The summed E-state index contributed by atoms with van der Waals surface area (Å²) in [5.41, 5.74) is 17.8. The molecule has 0 unspecified atom stereocenters. The molecular weight excluding hydrogens is 1210 g/mol. The van der Waals surface area contributed by atoms with Crippen molar-refractivity contribution < 1.29 is 52.2 Å². The van der Waals surface area contributed by atoms with Gasteiger partial charge in [-0.05, 0) is 146 Å². The minimum atomic E-state index is -1.02. The molecule has 17 nitrogen and oxygen atoms in total. The lowest BCUT2D eigenvalue weighted by Crippen LogP contribution is -2.56. The SMILES string of the molecule is N[C@@H](CCN1CCC(F)CC1)C(=O)Nc1ccc2c(c1)CCC2.O=C(CCC(=O)N1Cc2ccccc2C[C@H]1C(=O)N[C@@H](CCN1CCC(F)CC1)C(=O)Nc1ccc2c(c1)CCC2)c1ccccc1.O=C(CCC(=O)N1Cc2ccccc2C[C@H]1C(=O)O)c1ccccc1. The monoisotopic (exact) mass is 1290 g/mol. The molecule has 2 aliphatic carbocycles. The number of hydrogen-bond acceptors (Lipinski definition) is 11. The topological polar surface area (TPSA) is 232 Å². The minimum Gasteiger partial charge on any atom is -0.480 e. The van der Waals surface area contributed by atoms with Gasteiger partial charge >= 0.3 is 5.97 Å². The number of fused-ring (bicyclic) bond motifs is 4. The maximum absolute atomic E-state index is 14.1. The summed E-state index contributed by atoms with van der Waals surface area (Å²) in [4.78, 5) is 110. The highest BCUT2D eigenvalue weighted by atomic mass is 19.1. The Balaban J connectivity index is 0.000000172. The second-order valence-corrected chi connectivity index (χ2v) is 25.9. The standard InChI is InChI=1S/C38H43FN4O4.C20H19NO4.C18H26FN3O/c39-31-17-20-42(21-18-31)22-19-33(37(46)40-32-14-13-26-11-6-12-28(26)23-32)41-38(47)34-24-29-9-4-5-10-30(29)25-43(34)36(45)16-15-35(44)27-7-2-1-3-8-27;22-18(14-6-2-1-3-7-14)10-11-19(23)21-13-16-9-5-4-8-15(16)12-17(21)20(24)25;19-15-6-9-22(10-7-15)11-8-17(20)18(23)21-16-5-4-13-2-1-3-14(13)12-16/h1-5,7-10,13-14,23,31,33-34H,6,11-12,15-22,24-25H2,(H,40,46)(H,41,47);1-9,17H,10-13H2,(H,24,25);4-5,12,15,17H,1-3,6-11,20H2,(H,21,23)/t33-,34-;2*17-/m000/s1. The first-order valence-electron chi connectivity index (χ1n) is 33.8. The first-order valence-corrected chi connectivity index (χ1v) is 33.8. The van der Waals surface area contributed by atoms with Crippen LogP contribution in [0.25, 0.3) is 0 Å². The summed E-state index contributed by atoms with van der Waals surface area (Å²) in [7, 11) is 0. The molecule has 5 amide bonds. The van der Waals surface area contributed by atoms with Gasteiger partial charge in [-0.25, -0.2) is 13.6 Å². The Labute approximate surface area is 555 Å². The van der Waals surface area contributed by atoms with Crippen LogP contribution >= 0.6 is 0 Å². The Morgan fingerprint density at radius 3 is 1.36 bits per heavy atom. The zero-order valence-electron chi connectivity index (χ0n) is 54.0. The molecule has 0 bridgehead atoms. The number of hydrogen-bond donors (Lipinski definition) is 5. The Morgan fingerprint density at radius 2 is 0.884 bits per heavy atom. The number of benzene rings is 6. The fraction of sp³-hybridized carbons (Fsp3) is 0.421. The Hall–Kier alpha value is -8.78. The number of nitrogens with zero attached hydrogens (tertiary/aromatic N) is 4. The predicted octanol–water partition coefficient (Wildman–Crippen LogP) is 9.99.